The fourth-order valence-electron chi connectivity index (χ4n) is 0.898. The van der Waals surface area contributed by atoms with Crippen LogP contribution in [0, 0.1) is 5.41 Å². The summed E-state index contributed by atoms with van der Waals surface area (Å²) in [5.74, 6) is -0.333. The highest BCUT2D eigenvalue weighted by Gasteiger charge is 2.28. The summed E-state index contributed by atoms with van der Waals surface area (Å²) in [5.41, 5.74) is -0.604. The average molecular weight is 218 g/mol. The van der Waals surface area contributed by atoms with Crippen LogP contribution in [0.25, 0.3) is 0 Å². The van der Waals surface area contributed by atoms with Gasteiger partial charge in [0.1, 0.15) is 11.5 Å². The Morgan fingerprint density at radius 1 is 1.43 bits per heavy atom. The normalized spacial score (nSPS) is 20.4. The molecule has 0 amide bonds. The third-order valence-corrected chi connectivity index (χ3v) is 3.16. The zero-order valence-corrected chi connectivity index (χ0v) is 9.35. The quantitative estimate of drug-likeness (QED) is 0.613. The van der Waals surface area contributed by atoms with Gasteiger partial charge in [-0.3, -0.25) is 4.79 Å². The number of hydrogen-bond donors (Lipinski definition) is 0. The summed E-state index contributed by atoms with van der Waals surface area (Å²) in [5, 5.41) is 0. The highest BCUT2D eigenvalue weighted by Crippen LogP contribution is 2.20. The molecule has 0 aliphatic carbocycles. The SMILES string of the molecule is CC(C)(C)C(=O)OC1=CCS(=O)(=O)C1. The molecule has 0 spiro atoms. The van der Waals surface area contributed by atoms with Gasteiger partial charge in [0.05, 0.1) is 11.2 Å². The van der Waals surface area contributed by atoms with Gasteiger partial charge in [-0.1, -0.05) is 0 Å². The molecule has 0 saturated heterocycles. The average Bonchev–Trinajstić information content (AvgIpc) is 2.28. The van der Waals surface area contributed by atoms with E-state index >= 15 is 0 Å². The van der Waals surface area contributed by atoms with Crippen LogP contribution in [0.1, 0.15) is 20.8 Å². The molecule has 1 aliphatic rings. The molecule has 1 heterocycles. The van der Waals surface area contributed by atoms with E-state index in [1.165, 1.54) is 6.08 Å². The van der Waals surface area contributed by atoms with E-state index in [1.807, 2.05) is 0 Å². The third-order valence-electron chi connectivity index (χ3n) is 1.76. The van der Waals surface area contributed by atoms with Gasteiger partial charge < -0.3 is 4.74 Å². The Labute approximate surface area is 83.9 Å². The highest BCUT2D eigenvalue weighted by molar-refractivity contribution is 7.92. The molecule has 0 unspecified atom stereocenters. The predicted molar refractivity (Wildman–Crippen MR) is 52.3 cm³/mol. The summed E-state index contributed by atoms with van der Waals surface area (Å²) in [4.78, 5) is 11.4. The number of sulfone groups is 1. The molecule has 0 fully saturated rings. The summed E-state index contributed by atoms with van der Waals surface area (Å²) in [7, 11) is -3.06. The van der Waals surface area contributed by atoms with Crippen LogP contribution in [0.5, 0.6) is 0 Å². The van der Waals surface area contributed by atoms with E-state index in [2.05, 4.69) is 0 Å². The first-order chi connectivity index (χ1) is 6.21. The van der Waals surface area contributed by atoms with Crippen molar-refractivity contribution in [3.05, 3.63) is 11.8 Å². The van der Waals surface area contributed by atoms with Crippen LogP contribution in [0.2, 0.25) is 0 Å². The zero-order chi connectivity index (χ0) is 11.0. The van der Waals surface area contributed by atoms with Gasteiger partial charge >= 0.3 is 5.97 Å². The maximum Gasteiger partial charge on any atom is 0.316 e. The summed E-state index contributed by atoms with van der Waals surface area (Å²) >= 11 is 0. The molecule has 0 bridgehead atoms. The largest absolute Gasteiger partial charge is 0.430 e. The van der Waals surface area contributed by atoms with Crippen molar-refractivity contribution >= 4 is 15.8 Å². The van der Waals surface area contributed by atoms with Gasteiger partial charge in [0.2, 0.25) is 0 Å². The van der Waals surface area contributed by atoms with Crippen molar-refractivity contribution < 1.29 is 17.9 Å². The lowest BCUT2D eigenvalue weighted by atomic mass is 9.97. The Kier molecular flexibility index (Phi) is 2.71. The second kappa shape index (κ2) is 3.38. The van der Waals surface area contributed by atoms with E-state index in [9.17, 15) is 13.2 Å². The van der Waals surface area contributed by atoms with Crippen LogP contribution >= 0.6 is 0 Å². The molecule has 0 N–H and O–H groups in total. The minimum absolute atomic E-state index is 0.0280. The summed E-state index contributed by atoms with van der Waals surface area (Å²) in [6, 6.07) is 0. The number of ether oxygens (including phenoxy) is 1. The summed E-state index contributed by atoms with van der Waals surface area (Å²) in [6.07, 6.45) is 1.44. The van der Waals surface area contributed by atoms with Crippen molar-refractivity contribution in [2.75, 3.05) is 11.5 Å². The van der Waals surface area contributed by atoms with Crippen LogP contribution in [-0.4, -0.2) is 25.9 Å². The Bertz CT molecular complexity index is 370. The van der Waals surface area contributed by atoms with Crippen molar-refractivity contribution in [2.24, 2.45) is 5.41 Å². The first-order valence-electron chi connectivity index (χ1n) is 4.32. The molecule has 5 heteroatoms. The number of carbonyl (C=O) groups is 1. The van der Waals surface area contributed by atoms with Crippen molar-refractivity contribution in [1.29, 1.82) is 0 Å². The molecule has 1 aliphatic heterocycles. The fraction of sp³-hybridized carbons (Fsp3) is 0.667. The lowest BCUT2D eigenvalue weighted by Crippen LogP contribution is -2.23. The van der Waals surface area contributed by atoms with Gasteiger partial charge in [0.25, 0.3) is 0 Å². The van der Waals surface area contributed by atoms with Gasteiger partial charge in [-0.2, -0.15) is 0 Å². The Morgan fingerprint density at radius 2 is 2.00 bits per heavy atom. The summed E-state index contributed by atoms with van der Waals surface area (Å²) in [6.45, 7) is 5.16. The maximum atomic E-state index is 11.4. The number of carbonyl (C=O) groups excluding carboxylic acids is 1. The van der Waals surface area contributed by atoms with E-state index in [0.717, 1.165) is 0 Å². The van der Waals surface area contributed by atoms with Gasteiger partial charge in [-0.25, -0.2) is 8.42 Å². The van der Waals surface area contributed by atoms with Crippen LogP contribution < -0.4 is 0 Å². The highest BCUT2D eigenvalue weighted by atomic mass is 32.2. The van der Waals surface area contributed by atoms with Gasteiger partial charge in [-0.15, -0.1) is 0 Å². The van der Waals surface area contributed by atoms with Crippen LogP contribution in [0.3, 0.4) is 0 Å². The van der Waals surface area contributed by atoms with Crippen molar-refractivity contribution in [1.82, 2.24) is 0 Å². The second-order valence-corrected chi connectivity index (χ2v) is 6.47. The molecule has 0 atom stereocenters. The molecule has 0 aromatic heterocycles. The van der Waals surface area contributed by atoms with Crippen LogP contribution in [0.15, 0.2) is 11.8 Å². The molecule has 14 heavy (non-hydrogen) atoms. The smallest absolute Gasteiger partial charge is 0.316 e. The molecule has 0 radical (unpaired) electrons. The molecule has 0 aromatic rings. The van der Waals surface area contributed by atoms with E-state index < -0.39 is 21.2 Å². The number of hydrogen-bond acceptors (Lipinski definition) is 4. The minimum Gasteiger partial charge on any atom is -0.430 e. The van der Waals surface area contributed by atoms with Gasteiger partial charge in [0, 0.05) is 0 Å². The second-order valence-electron chi connectivity index (χ2n) is 4.36. The minimum atomic E-state index is -3.06. The van der Waals surface area contributed by atoms with Crippen LogP contribution in [-0.2, 0) is 19.4 Å². The molecule has 4 nitrogen and oxygen atoms in total. The molecular formula is C9H14O4S. The van der Waals surface area contributed by atoms with Crippen molar-refractivity contribution in [2.45, 2.75) is 20.8 Å². The maximum absolute atomic E-state index is 11.4. The van der Waals surface area contributed by atoms with E-state index in [4.69, 9.17) is 4.74 Å². The zero-order valence-electron chi connectivity index (χ0n) is 8.53. The first-order valence-corrected chi connectivity index (χ1v) is 6.14. The third kappa shape index (κ3) is 2.83. The summed E-state index contributed by atoms with van der Waals surface area (Å²) < 4.78 is 27.0. The molecule has 0 saturated carbocycles. The first kappa shape index (κ1) is 11.2. The molecular weight excluding hydrogens is 204 g/mol. The van der Waals surface area contributed by atoms with E-state index in [0.29, 0.717) is 0 Å². The number of esters is 1. The standard InChI is InChI=1S/C9H14O4S/c1-9(2,3)8(10)13-7-4-5-14(11,12)6-7/h4H,5-6H2,1-3H3. The lowest BCUT2D eigenvalue weighted by molar-refractivity contribution is -0.148. The fourth-order valence-corrected chi connectivity index (χ4v) is 2.07. The van der Waals surface area contributed by atoms with E-state index in [-0.39, 0.29) is 17.3 Å². The topological polar surface area (TPSA) is 60.4 Å². The monoisotopic (exact) mass is 218 g/mol. The molecule has 0 aromatic carbocycles. The van der Waals surface area contributed by atoms with Gasteiger partial charge in [0.15, 0.2) is 9.84 Å². The predicted octanol–water partition coefficient (Wildman–Crippen LogP) is 0.888. The Morgan fingerprint density at radius 3 is 2.36 bits per heavy atom. The molecule has 1 rings (SSSR count). The van der Waals surface area contributed by atoms with Crippen LogP contribution in [0.4, 0.5) is 0 Å². The molecule has 80 valence electrons. The van der Waals surface area contributed by atoms with Crippen molar-refractivity contribution in [3.8, 4) is 0 Å². The van der Waals surface area contributed by atoms with E-state index in [1.54, 1.807) is 20.8 Å². The van der Waals surface area contributed by atoms with Crippen molar-refractivity contribution in [3.63, 3.8) is 0 Å². The Balaban J connectivity index is 2.61. The lowest BCUT2D eigenvalue weighted by Gasteiger charge is -2.16. The number of rotatable bonds is 1. The van der Waals surface area contributed by atoms with Gasteiger partial charge in [-0.05, 0) is 26.8 Å². The Hall–Kier alpha value is -0.840.